The quantitative estimate of drug-likeness (QED) is 0.213. The van der Waals surface area contributed by atoms with Gasteiger partial charge in [0.05, 0.1) is 24.9 Å². The van der Waals surface area contributed by atoms with Gasteiger partial charge in [0.15, 0.2) is 5.13 Å². The van der Waals surface area contributed by atoms with E-state index in [-0.39, 0.29) is 24.5 Å². The number of nitrogens with one attached hydrogen (secondary N) is 2. The summed E-state index contributed by atoms with van der Waals surface area (Å²) in [4.78, 5) is 48.4. The van der Waals surface area contributed by atoms with E-state index in [9.17, 15) is 14.4 Å². The Morgan fingerprint density at radius 1 is 0.875 bits per heavy atom. The highest BCUT2D eigenvalue weighted by atomic mass is 32.1. The van der Waals surface area contributed by atoms with Crippen molar-refractivity contribution in [2.24, 2.45) is 0 Å². The van der Waals surface area contributed by atoms with E-state index in [1.807, 2.05) is 47.8 Å². The Hall–Kier alpha value is -4.58. The van der Waals surface area contributed by atoms with E-state index in [0.717, 1.165) is 62.4 Å². The van der Waals surface area contributed by atoms with Crippen LogP contribution in [0.25, 0.3) is 11.3 Å². The fourth-order valence-corrected chi connectivity index (χ4v) is 6.97. The van der Waals surface area contributed by atoms with Gasteiger partial charge >= 0.3 is 6.09 Å². The highest BCUT2D eigenvalue weighted by Crippen LogP contribution is 2.38. The number of carbonyl (C=O) groups is 3. The van der Waals surface area contributed by atoms with Crippen LogP contribution in [-0.2, 0) is 27.4 Å². The van der Waals surface area contributed by atoms with Crippen LogP contribution < -0.4 is 10.6 Å². The molecule has 3 heterocycles. The number of hydrogen-bond acceptors (Lipinski definition) is 8. The van der Waals surface area contributed by atoms with Crippen LogP contribution in [0.3, 0.4) is 0 Å². The van der Waals surface area contributed by atoms with Gasteiger partial charge in [-0.05, 0) is 54.5 Å². The van der Waals surface area contributed by atoms with Crippen LogP contribution >= 0.6 is 11.3 Å². The standard InChI is InChI=1S/C37H39N5O5S/c43-34(38-30-14-15-30)29-12-10-27(11-13-29)31-24-48-36(39-31)40-35(44)33-17-16-32(42(33)37(45)47-23-26-4-2-1-3-5-26)28-8-6-25(7-9-28)22-41-18-20-46-21-19-41/h1-13,24,30,32-33H,14-23H2,(H,38,43)(H,39,40,44)/t32-,33?/m1/s1. The number of likely N-dealkylation sites (tertiary alicyclic amines) is 1. The van der Waals surface area contributed by atoms with Gasteiger partial charge in [0.25, 0.3) is 5.91 Å². The summed E-state index contributed by atoms with van der Waals surface area (Å²) in [6.07, 6.45) is 2.67. The van der Waals surface area contributed by atoms with Gasteiger partial charge in [-0.2, -0.15) is 0 Å². The first-order valence-electron chi connectivity index (χ1n) is 16.6. The number of ether oxygens (including phenoxy) is 2. The van der Waals surface area contributed by atoms with Crippen LogP contribution in [0, 0.1) is 0 Å². The molecule has 11 heteroatoms. The lowest BCUT2D eigenvalue weighted by Gasteiger charge is -2.29. The molecule has 2 saturated heterocycles. The lowest BCUT2D eigenvalue weighted by Crippen LogP contribution is -2.44. The number of morpholine rings is 1. The van der Waals surface area contributed by atoms with Crippen molar-refractivity contribution in [2.75, 3.05) is 31.6 Å². The number of anilines is 1. The molecule has 0 bridgehead atoms. The summed E-state index contributed by atoms with van der Waals surface area (Å²) in [6, 6.07) is 24.4. The van der Waals surface area contributed by atoms with E-state index >= 15 is 0 Å². The number of nitrogens with zero attached hydrogens (tertiary/aromatic N) is 3. The van der Waals surface area contributed by atoms with E-state index in [1.165, 1.54) is 16.9 Å². The number of aromatic nitrogens is 1. The molecule has 2 atom stereocenters. The molecule has 1 aliphatic carbocycles. The second-order valence-electron chi connectivity index (χ2n) is 12.5. The molecular formula is C37H39N5O5S. The summed E-state index contributed by atoms with van der Waals surface area (Å²) in [6.45, 7) is 4.28. The van der Waals surface area contributed by atoms with Crippen LogP contribution in [0.1, 0.15) is 58.8 Å². The predicted octanol–water partition coefficient (Wildman–Crippen LogP) is 6.02. The summed E-state index contributed by atoms with van der Waals surface area (Å²) < 4.78 is 11.3. The molecule has 4 aromatic rings. The molecule has 2 aliphatic heterocycles. The van der Waals surface area contributed by atoms with Crippen molar-refractivity contribution in [1.82, 2.24) is 20.1 Å². The third-order valence-corrected chi connectivity index (χ3v) is 9.83. The van der Waals surface area contributed by atoms with Gasteiger partial charge < -0.3 is 20.1 Å². The lowest BCUT2D eigenvalue weighted by molar-refractivity contribution is -0.120. The number of hydrogen-bond donors (Lipinski definition) is 2. The van der Waals surface area contributed by atoms with Crippen LogP contribution in [0.4, 0.5) is 9.93 Å². The highest BCUT2D eigenvalue weighted by molar-refractivity contribution is 7.14. The van der Waals surface area contributed by atoms with Crippen molar-refractivity contribution < 1.29 is 23.9 Å². The molecule has 248 valence electrons. The van der Waals surface area contributed by atoms with Crippen LogP contribution in [0.5, 0.6) is 0 Å². The summed E-state index contributed by atoms with van der Waals surface area (Å²) in [5.41, 5.74) is 5.20. The zero-order chi connectivity index (χ0) is 32.9. The largest absolute Gasteiger partial charge is 0.445 e. The molecule has 1 aromatic heterocycles. The number of carbonyl (C=O) groups excluding carboxylic acids is 3. The van der Waals surface area contributed by atoms with Crippen molar-refractivity contribution in [1.29, 1.82) is 0 Å². The average Bonchev–Trinajstić information content (AvgIpc) is 3.62. The molecule has 3 fully saturated rings. The second-order valence-corrected chi connectivity index (χ2v) is 13.4. The summed E-state index contributed by atoms with van der Waals surface area (Å²) in [5, 5.41) is 8.27. The first-order chi connectivity index (χ1) is 23.5. The Balaban J connectivity index is 1.04. The summed E-state index contributed by atoms with van der Waals surface area (Å²) >= 11 is 1.32. The van der Waals surface area contributed by atoms with Crippen molar-refractivity contribution in [2.45, 2.75) is 57.0 Å². The van der Waals surface area contributed by atoms with Gasteiger partial charge in [0.1, 0.15) is 12.6 Å². The molecule has 0 radical (unpaired) electrons. The van der Waals surface area contributed by atoms with Gasteiger partial charge in [0, 0.05) is 42.2 Å². The Bertz CT molecular complexity index is 1720. The SMILES string of the molecule is O=C(NC1CC1)c1ccc(-c2csc(NC(=O)C3CC[C@H](c4ccc(CN5CCOCC5)cc4)N3C(=O)OCc3ccccc3)n2)cc1. The zero-order valence-electron chi connectivity index (χ0n) is 26.7. The van der Waals surface area contributed by atoms with Gasteiger partial charge in [0.2, 0.25) is 5.91 Å². The van der Waals surface area contributed by atoms with E-state index < -0.39 is 12.1 Å². The Labute approximate surface area is 284 Å². The van der Waals surface area contributed by atoms with Crippen molar-refractivity contribution in [3.05, 3.63) is 106 Å². The minimum absolute atomic E-state index is 0.0686. The van der Waals surface area contributed by atoms with Crippen molar-refractivity contribution >= 4 is 34.4 Å². The molecule has 3 aromatic carbocycles. The molecule has 3 aliphatic rings. The van der Waals surface area contributed by atoms with E-state index in [4.69, 9.17) is 9.47 Å². The first-order valence-corrected chi connectivity index (χ1v) is 17.4. The van der Waals surface area contributed by atoms with Crippen LogP contribution in [0.2, 0.25) is 0 Å². The van der Waals surface area contributed by atoms with E-state index in [1.54, 1.807) is 17.0 Å². The molecule has 48 heavy (non-hydrogen) atoms. The molecule has 0 spiro atoms. The maximum atomic E-state index is 13.8. The third kappa shape index (κ3) is 7.75. The Morgan fingerprint density at radius 3 is 2.35 bits per heavy atom. The fourth-order valence-electron chi connectivity index (χ4n) is 6.25. The number of benzene rings is 3. The fraction of sp³-hybridized carbons (Fsp3) is 0.351. The monoisotopic (exact) mass is 665 g/mol. The van der Waals surface area contributed by atoms with Crippen LogP contribution in [0.15, 0.2) is 84.2 Å². The number of amides is 3. The molecule has 7 rings (SSSR count). The topological polar surface area (TPSA) is 113 Å². The molecule has 3 amide bonds. The molecule has 10 nitrogen and oxygen atoms in total. The Morgan fingerprint density at radius 2 is 1.62 bits per heavy atom. The lowest BCUT2D eigenvalue weighted by atomic mass is 10.0. The zero-order valence-corrected chi connectivity index (χ0v) is 27.5. The molecule has 1 unspecified atom stereocenters. The normalized spacial score (nSPS) is 19.5. The second kappa shape index (κ2) is 14.7. The molecule has 2 N–H and O–H groups in total. The minimum atomic E-state index is -0.720. The number of rotatable bonds is 10. The van der Waals surface area contributed by atoms with Crippen molar-refractivity contribution in [3.8, 4) is 11.3 Å². The van der Waals surface area contributed by atoms with E-state index in [2.05, 4.69) is 44.8 Å². The summed E-state index contributed by atoms with van der Waals surface area (Å²) in [7, 11) is 0. The number of thiazole rings is 1. The highest BCUT2D eigenvalue weighted by Gasteiger charge is 2.43. The Kier molecular flexibility index (Phi) is 9.78. The van der Waals surface area contributed by atoms with Gasteiger partial charge in [-0.3, -0.25) is 19.4 Å². The maximum Gasteiger partial charge on any atom is 0.411 e. The van der Waals surface area contributed by atoms with Crippen molar-refractivity contribution in [3.63, 3.8) is 0 Å². The smallest absolute Gasteiger partial charge is 0.411 e. The minimum Gasteiger partial charge on any atom is -0.445 e. The van der Waals surface area contributed by atoms with Gasteiger partial charge in [-0.15, -0.1) is 11.3 Å². The first kappa shape index (κ1) is 32.0. The van der Waals surface area contributed by atoms with Gasteiger partial charge in [-0.1, -0.05) is 66.7 Å². The maximum absolute atomic E-state index is 13.8. The molecule has 1 saturated carbocycles. The van der Waals surface area contributed by atoms with E-state index in [0.29, 0.717) is 35.3 Å². The summed E-state index contributed by atoms with van der Waals surface area (Å²) in [5.74, 6) is -0.368. The van der Waals surface area contributed by atoms with Gasteiger partial charge in [-0.25, -0.2) is 9.78 Å². The molecular weight excluding hydrogens is 627 g/mol. The predicted molar refractivity (Wildman–Crippen MR) is 183 cm³/mol. The average molecular weight is 666 g/mol. The van der Waals surface area contributed by atoms with Crippen LogP contribution in [-0.4, -0.2) is 71.1 Å². The third-order valence-electron chi connectivity index (χ3n) is 9.07.